The minimum atomic E-state index is -4.18. The summed E-state index contributed by atoms with van der Waals surface area (Å²) in [5.41, 5.74) is 3.94. The lowest BCUT2D eigenvalue weighted by Gasteiger charge is -2.34. The summed E-state index contributed by atoms with van der Waals surface area (Å²) in [6.45, 7) is 10.0. The summed E-state index contributed by atoms with van der Waals surface area (Å²) >= 11 is 0. The summed E-state index contributed by atoms with van der Waals surface area (Å²) in [5, 5.41) is 3.02. The van der Waals surface area contributed by atoms with Crippen molar-refractivity contribution >= 4 is 27.5 Å². The van der Waals surface area contributed by atoms with E-state index < -0.39 is 28.5 Å². The Morgan fingerprint density at radius 3 is 2.06 bits per heavy atom. The number of nitrogens with one attached hydrogen (secondary N) is 1. The third kappa shape index (κ3) is 9.47. The molecule has 0 saturated carbocycles. The number of ether oxygens (including phenoxy) is 1. The van der Waals surface area contributed by atoms with Crippen LogP contribution in [0.4, 0.5) is 5.69 Å². The minimum Gasteiger partial charge on any atom is -0.497 e. The smallest absolute Gasteiger partial charge is 0.264 e. The molecule has 0 radical (unpaired) electrons. The van der Waals surface area contributed by atoms with Crippen LogP contribution in [0.1, 0.15) is 55.9 Å². The van der Waals surface area contributed by atoms with Crippen LogP contribution in [0.25, 0.3) is 0 Å². The van der Waals surface area contributed by atoms with Crippen molar-refractivity contribution in [2.75, 3.05) is 24.5 Å². The van der Waals surface area contributed by atoms with Gasteiger partial charge in [0.15, 0.2) is 0 Å². The average Bonchev–Trinajstić information content (AvgIpc) is 3.08. The Kier molecular flexibility index (Phi) is 12.4. The summed E-state index contributed by atoms with van der Waals surface area (Å²) in [7, 11) is -2.61. The molecule has 2 amide bonds. The second-order valence-corrected chi connectivity index (χ2v) is 14.7. The third-order valence-electron chi connectivity index (χ3n) is 8.18. The highest BCUT2D eigenvalue weighted by atomic mass is 32.2. The molecule has 0 aliphatic rings. The van der Waals surface area contributed by atoms with Crippen LogP contribution in [-0.2, 0) is 32.6 Å². The van der Waals surface area contributed by atoms with Crippen LogP contribution >= 0.6 is 0 Å². The van der Waals surface area contributed by atoms with Crippen LogP contribution in [-0.4, -0.2) is 51.4 Å². The largest absolute Gasteiger partial charge is 0.497 e. The number of hydrogen-bond donors (Lipinski definition) is 1. The van der Waals surface area contributed by atoms with Gasteiger partial charge in [-0.15, -0.1) is 0 Å². The first kappa shape index (κ1) is 36.2. The van der Waals surface area contributed by atoms with E-state index in [1.807, 2.05) is 87.5 Å². The highest BCUT2D eigenvalue weighted by Gasteiger charge is 2.34. The van der Waals surface area contributed by atoms with Gasteiger partial charge in [-0.2, -0.15) is 0 Å². The number of anilines is 1. The van der Waals surface area contributed by atoms with E-state index in [2.05, 4.69) is 19.2 Å². The molecule has 254 valence electrons. The number of benzene rings is 4. The zero-order chi connectivity index (χ0) is 34.8. The lowest BCUT2D eigenvalue weighted by atomic mass is 10.0. The van der Waals surface area contributed by atoms with Crippen molar-refractivity contribution in [3.05, 3.63) is 125 Å². The number of rotatable bonds is 15. The predicted octanol–water partition coefficient (Wildman–Crippen LogP) is 6.73. The maximum absolute atomic E-state index is 14.7. The maximum Gasteiger partial charge on any atom is 0.264 e. The van der Waals surface area contributed by atoms with Crippen LogP contribution in [0.5, 0.6) is 5.75 Å². The van der Waals surface area contributed by atoms with Gasteiger partial charge in [0.1, 0.15) is 18.3 Å². The fourth-order valence-corrected chi connectivity index (χ4v) is 6.75. The number of carbonyl (C=O) groups excluding carboxylic acids is 2. The van der Waals surface area contributed by atoms with Crippen LogP contribution in [0.2, 0.25) is 0 Å². The lowest BCUT2D eigenvalue weighted by molar-refractivity contribution is -0.140. The molecule has 0 heterocycles. The van der Waals surface area contributed by atoms with E-state index in [0.29, 0.717) is 18.0 Å². The molecule has 4 aromatic carbocycles. The number of sulfonamides is 1. The van der Waals surface area contributed by atoms with Crippen molar-refractivity contribution in [1.82, 2.24) is 10.2 Å². The summed E-state index contributed by atoms with van der Waals surface area (Å²) in [5.74, 6) is 0.222. The van der Waals surface area contributed by atoms with E-state index in [1.165, 1.54) is 4.90 Å². The van der Waals surface area contributed by atoms with Gasteiger partial charge in [0.25, 0.3) is 10.0 Å². The molecule has 1 atom stereocenters. The van der Waals surface area contributed by atoms with Crippen molar-refractivity contribution < 1.29 is 22.7 Å². The second kappa shape index (κ2) is 16.5. The van der Waals surface area contributed by atoms with Gasteiger partial charge in [-0.25, -0.2) is 8.42 Å². The summed E-state index contributed by atoms with van der Waals surface area (Å²) < 4.78 is 35.2. The van der Waals surface area contributed by atoms with E-state index in [9.17, 15) is 18.0 Å². The molecule has 0 aliphatic carbocycles. The van der Waals surface area contributed by atoms with Crippen LogP contribution in [0.15, 0.2) is 108 Å². The van der Waals surface area contributed by atoms with Crippen LogP contribution in [0.3, 0.4) is 0 Å². The van der Waals surface area contributed by atoms with Crippen LogP contribution in [0, 0.1) is 12.8 Å². The quantitative estimate of drug-likeness (QED) is 0.151. The average molecular weight is 670 g/mol. The molecule has 4 aromatic rings. The number of carbonyl (C=O) groups is 2. The van der Waals surface area contributed by atoms with Gasteiger partial charge in [0, 0.05) is 19.5 Å². The Balaban J connectivity index is 1.82. The van der Waals surface area contributed by atoms with Gasteiger partial charge in [-0.3, -0.25) is 13.9 Å². The van der Waals surface area contributed by atoms with E-state index in [4.69, 9.17) is 4.74 Å². The molecule has 0 spiro atoms. The molecule has 0 bridgehead atoms. The van der Waals surface area contributed by atoms with Gasteiger partial charge in [0.05, 0.1) is 17.7 Å². The molecular formula is C39H47N3O5S. The fraction of sp³-hybridized carbons (Fsp3) is 0.333. The number of amides is 2. The minimum absolute atomic E-state index is 0.0628. The molecule has 48 heavy (non-hydrogen) atoms. The fourth-order valence-electron chi connectivity index (χ4n) is 5.34. The molecule has 1 N–H and O–H groups in total. The number of aryl methyl sites for hydroxylation is 1. The highest BCUT2D eigenvalue weighted by molar-refractivity contribution is 7.92. The molecule has 8 nitrogen and oxygen atoms in total. The first-order valence-corrected chi connectivity index (χ1v) is 17.8. The van der Waals surface area contributed by atoms with Crippen molar-refractivity contribution in [2.24, 2.45) is 5.92 Å². The molecule has 0 fully saturated rings. The van der Waals surface area contributed by atoms with Gasteiger partial charge in [-0.05, 0) is 71.8 Å². The summed E-state index contributed by atoms with van der Waals surface area (Å²) in [6, 6.07) is 29.7. The number of nitrogens with zero attached hydrogens (tertiary/aromatic N) is 2. The van der Waals surface area contributed by atoms with Gasteiger partial charge >= 0.3 is 0 Å². The van der Waals surface area contributed by atoms with Gasteiger partial charge in [-0.1, -0.05) is 100.0 Å². The van der Waals surface area contributed by atoms with E-state index in [-0.39, 0.29) is 35.6 Å². The zero-order valence-electron chi connectivity index (χ0n) is 28.7. The molecule has 9 heteroatoms. The SMILES string of the molecule is COc1cccc(CN(C(=O)CN(c2ccc(C(C)C)cc2)S(=O)(=O)c2ccc(C)cc2)[C@@H](Cc2ccccc2)C(=O)NCC(C)C)c1. The second-order valence-electron chi connectivity index (χ2n) is 12.8. The first-order valence-electron chi connectivity index (χ1n) is 16.3. The number of methoxy groups -OCH3 is 1. The van der Waals surface area contributed by atoms with Crippen LogP contribution < -0.4 is 14.4 Å². The van der Waals surface area contributed by atoms with Crippen molar-refractivity contribution in [3.63, 3.8) is 0 Å². The van der Waals surface area contributed by atoms with E-state index >= 15 is 0 Å². The molecule has 0 unspecified atom stereocenters. The molecule has 0 saturated heterocycles. The molecule has 0 aliphatic heterocycles. The van der Waals surface area contributed by atoms with E-state index in [0.717, 1.165) is 26.6 Å². The van der Waals surface area contributed by atoms with Gasteiger partial charge < -0.3 is 15.0 Å². The van der Waals surface area contributed by atoms with Crippen molar-refractivity contribution in [1.29, 1.82) is 0 Å². The Morgan fingerprint density at radius 1 is 0.812 bits per heavy atom. The lowest BCUT2D eigenvalue weighted by Crippen LogP contribution is -2.53. The predicted molar refractivity (Wildman–Crippen MR) is 192 cm³/mol. The molecule has 0 aromatic heterocycles. The molecule has 4 rings (SSSR count). The normalized spacial score (nSPS) is 12.1. The van der Waals surface area contributed by atoms with Crippen molar-refractivity contribution in [3.8, 4) is 5.75 Å². The summed E-state index contributed by atoms with van der Waals surface area (Å²) in [4.78, 5) is 30.2. The molecular weight excluding hydrogens is 623 g/mol. The Morgan fingerprint density at radius 2 is 1.46 bits per heavy atom. The Hall–Kier alpha value is -4.63. The maximum atomic E-state index is 14.7. The topological polar surface area (TPSA) is 96.0 Å². The first-order chi connectivity index (χ1) is 22.9. The zero-order valence-corrected chi connectivity index (χ0v) is 29.5. The number of hydrogen-bond acceptors (Lipinski definition) is 5. The summed E-state index contributed by atoms with van der Waals surface area (Å²) in [6.07, 6.45) is 0.244. The Bertz CT molecular complexity index is 1760. The highest BCUT2D eigenvalue weighted by Crippen LogP contribution is 2.27. The van der Waals surface area contributed by atoms with Crippen molar-refractivity contribution in [2.45, 2.75) is 64.4 Å². The Labute approximate surface area is 285 Å². The monoisotopic (exact) mass is 669 g/mol. The van der Waals surface area contributed by atoms with E-state index in [1.54, 1.807) is 43.5 Å². The van der Waals surface area contributed by atoms with Gasteiger partial charge in [0.2, 0.25) is 11.8 Å². The standard InChI is InChI=1S/C39H47N3O5S/c1-28(2)25-40-39(44)37(24-31-11-8-7-9-12-31)41(26-32-13-10-14-35(23-32)47-6)38(43)27-42(34-19-17-33(18-20-34)29(3)4)48(45,46)36-21-15-30(5)16-22-36/h7-23,28-29,37H,24-27H2,1-6H3,(H,40,44)/t37-/m0/s1. The third-order valence-corrected chi connectivity index (χ3v) is 9.97.